The molecule has 10 nitrogen and oxygen atoms in total. The Morgan fingerprint density at radius 2 is 1.52 bits per heavy atom. The standard InChI is InChI=1S/C22H30N2O8S/c1-13(32-19(28)7-9-24-17(26)11-15(33-5)21(24)30)12-31-18(27)6-8-23-16(25)10-14(20(23)29)22(2,3)4/h14-15H,1,6-12H2,2-5H3. The summed E-state index contributed by atoms with van der Waals surface area (Å²) in [6.45, 7) is 8.61. The van der Waals surface area contributed by atoms with E-state index in [9.17, 15) is 28.8 Å². The summed E-state index contributed by atoms with van der Waals surface area (Å²) >= 11 is 1.28. The summed E-state index contributed by atoms with van der Waals surface area (Å²) in [5.41, 5.74) is -0.352. The summed E-state index contributed by atoms with van der Waals surface area (Å²) in [6.07, 6.45) is 1.58. The Bertz CT molecular complexity index is 863. The predicted molar refractivity (Wildman–Crippen MR) is 118 cm³/mol. The van der Waals surface area contributed by atoms with Crippen molar-refractivity contribution in [2.24, 2.45) is 11.3 Å². The van der Waals surface area contributed by atoms with E-state index >= 15 is 0 Å². The van der Waals surface area contributed by atoms with Crippen LogP contribution in [-0.4, -0.2) is 76.6 Å². The number of imide groups is 2. The molecule has 2 rings (SSSR count). The van der Waals surface area contributed by atoms with Crippen molar-refractivity contribution in [1.29, 1.82) is 0 Å². The molecule has 0 aromatic carbocycles. The van der Waals surface area contributed by atoms with Gasteiger partial charge in [-0.2, -0.15) is 11.8 Å². The van der Waals surface area contributed by atoms with Crippen LogP contribution in [0.25, 0.3) is 0 Å². The second kappa shape index (κ2) is 11.0. The highest BCUT2D eigenvalue weighted by molar-refractivity contribution is 8.00. The third kappa shape index (κ3) is 6.89. The van der Waals surface area contributed by atoms with E-state index in [0.29, 0.717) is 0 Å². The topological polar surface area (TPSA) is 127 Å². The second-order valence-electron chi connectivity index (χ2n) is 8.99. The zero-order valence-corrected chi connectivity index (χ0v) is 20.2. The SMILES string of the molecule is C=C(COC(=O)CCN1C(=O)CC(C(C)(C)C)C1=O)OC(=O)CCN1C(=O)CC(SC)C1=O. The van der Waals surface area contributed by atoms with Crippen molar-refractivity contribution in [3.05, 3.63) is 12.3 Å². The minimum atomic E-state index is -0.717. The van der Waals surface area contributed by atoms with E-state index in [-0.39, 0.29) is 80.2 Å². The summed E-state index contributed by atoms with van der Waals surface area (Å²) in [4.78, 5) is 74.5. The van der Waals surface area contributed by atoms with Crippen molar-refractivity contribution in [2.75, 3.05) is 26.0 Å². The first-order chi connectivity index (χ1) is 15.3. The highest BCUT2D eigenvalue weighted by atomic mass is 32.2. The van der Waals surface area contributed by atoms with E-state index in [1.165, 1.54) is 11.8 Å². The fourth-order valence-corrected chi connectivity index (χ4v) is 4.19. The monoisotopic (exact) mass is 482 g/mol. The molecule has 33 heavy (non-hydrogen) atoms. The zero-order valence-electron chi connectivity index (χ0n) is 19.4. The van der Waals surface area contributed by atoms with Gasteiger partial charge in [-0.15, -0.1) is 0 Å². The Kier molecular flexibility index (Phi) is 8.82. The van der Waals surface area contributed by atoms with Crippen LogP contribution >= 0.6 is 11.8 Å². The number of carbonyl (C=O) groups excluding carboxylic acids is 6. The van der Waals surface area contributed by atoms with Crippen LogP contribution in [0.3, 0.4) is 0 Å². The Morgan fingerprint density at radius 1 is 0.970 bits per heavy atom. The molecule has 0 spiro atoms. The summed E-state index contributed by atoms with van der Waals surface area (Å²) in [5.74, 6) is -3.19. The molecule has 0 aromatic rings. The Labute approximate surface area is 197 Å². The Morgan fingerprint density at radius 3 is 2.03 bits per heavy atom. The van der Waals surface area contributed by atoms with Crippen LogP contribution in [0.2, 0.25) is 0 Å². The van der Waals surface area contributed by atoms with Crippen molar-refractivity contribution in [3.8, 4) is 0 Å². The van der Waals surface area contributed by atoms with Gasteiger partial charge in [0, 0.05) is 25.9 Å². The van der Waals surface area contributed by atoms with E-state index in [1.54, 1.807) is 6.26 Å². The van der Waals surface area contributed by atoms with Gasteiger partial charge in [-0.25, -0.2) is 0 Å². The van der Waals surface area contributed by atoms with Gasteiger partial charge in [0.05, 0.1) is 24.0 Å². The van der Waals surface area contributed by atoms with Gasteiger partial charge in [-0.3, -0.25) is 38.6 Å². The molecule has 0 bridgehead atoms. The maximum Gasteiger partial charge on any atom is 0.312 e. The maximum atomic E-state index is 12.4. The average Bonchev–Trinajstić information content (AvgIpc) is 3.17. The van der Waals surface area contributed by atoms with E-state index in [1.807, 2.05) is 20.8 Å². The molecule has 182 valence electrons. The van der Waals surface area contributed by atoms with Gasteiger partial charge in [-0.1, -0.05) is 27.4 Å². The predicted octanol–water partition coefficient (Wildman–Crippen LogP) is 1.28. The summed E-state index contributed by atoms with van der Waals surface area (Å²) in [5, 5.41) is -0.423. The molecule has 0 aliphatic carbocycles. The molecule has 0 saturated carbocycles. The molecular weight excluding hydrogens is 452 g/mol. The first kappa shape index (κ1) is 26.6. The number of amides is 4. The lowest BCUT2D eigenvalue weighted by Crippen LogP contribution is -2.35. The molecular formula is C22H30N2O8S. The molecule has 2 fully saturated rings. The van der Waals surface area contributed by atoms with Gasteiger partial charge in [-0.05, 0) is 11.7 Å². The van der Waals surface area contributed by atoms with Crippen molar-refractivity contribution < 1.29 is 38.2 Å². The van der Waals surface area contributed by atoms with Gasteiger partial charge in [0.2, 0.25) is 23.6 Å². The Balaban J connectivity index is 1.69. The van der Waals surface area contributed by atoms with Crippen molar-refractivity contribution >= 4 is 47.3 Å². The lowest BCUT2D eigenvalue weighted by atomic mass is 9.80. The number of hydrogen-bond donors (Lipinski definition) is 0. The minimum Gasteiger partial charge on any atom is -0.457 e. The molecule has 2 aliphatic heterocycles. The lowest BCUT2D eigenvalue weighted by molar-refractivity contribution is -0.150. The van der Waals surface area contributed by atoms with Gasteiger partial charge >= 0.3 is 11.9 Å². The van der Waals surface area contributed by atoms with Crippen LogP contribution in [0.5, 0.6) is 0 Å². The first-order valence-electron chi connectivity index (χ1n) is 10.6. The largest absolute Gasteiger partial charge is 0.457 e. The third-order valence-electron chi connectivity index (χ3n) is 5.51. The van der Waals surface area contributed by atoms with Gasteiger partial charge < -0.3 is 9.47 Å². The summed E-state index contributed by atoms with van der Waals surface area (Å²) in [6, 6.07) is 0. The van der Waals surface area contributed by atoms with E-state index in [2.05, 4.69) is 6.58 Å². The van der Waals surface area contributed by atoms with Crippen molar-refractivity contribution in [1.82, 2.24) is 9.80 Å². The zero-order chi connectivity index (χ0) is 24.9. The highest BCUT2D eigenvalue weighted by Gasteiger charge is 2.44. The lowest BCUT2D eigenvalue weighted by Gasteiger charge is -2.24. The number of ether oxygens (including phenoxy) is 2. The second-order valence-corrected chi connectivity index (χ2v) is 10.0. The number of thioether (sulfide) groups is 1. The molecule has 11 heteroatoms. The van der Waals surface area contributed by atoms with Crippen LogP contribution in [0.15, 0.2) is 12.3 Å². The quantitative estimate of drug-likeness (QED) is 0.257. The van der Waals surface area contributed by atoms with E-state index in [0.717, 1.165) is 9.80 Å². The van der Waals surface area contributed by atoms with Gasteiger partial charge in [0.1, 0.15) is 12.4 Å². The van der Waals surface area contributed by atoms with Crippen LogP contribution in [0, 0.1) is 11.3 Å². The first-order valence-corrected chi connectivity index (χ1v) is 11.9. The van der Waals surface area contributed by atoms with Crippen molar-refractivity contribution in [3.63, 3.8) is 0 Å². The van der Waals surface area contributed by atoms with Gasteiger partial charge in [0.25, 0.3) is 0 Å². The number of nitrogens with zero attached hydrogens (tertiary/aromatic N) is 2. The smallest absolute Gasteiger partial charge is 0.312 e. The van der Waals surface area contributed by atoms with Crippen LogP contribution in [0.1, 0.15) is 46.5 Å². The molecule has 0 aromatic heterocycles. The number of likely N-dealkylation sites (tertiary alicyclic amines) is 2. The van der Waals surface area contributed by atoms with E-state index in [4.69, 9.17) is 9.47 Å². The Hall–Kier alpha value is -2.69. The maximum absolute atomic E-state index is 12.4. The fourth-order valence-electron chi connectivity index (χ4n) is 3.55. The molecule has 0 N–H and O–H groups in total. The fraction of sp³-hybridized carbons (Fsp3) is 0.636. The number of esters is 2. The van der Waals surface area contributed by atoms with Gasteiger partial charge in [0.15, 0.2) is 0 Å². The molecule has 2 unspecified atom stereocenters. The summed E-state index contributed by atoms with van der Waals surface area (Å²) < 4.78 is 9.95. The van der Waals surface area contributed by atoms with Crippen LogP contribution in [-0.2, 0) is 38.2 Å². The molecule has 4 amide bonds. The summed E-state index contributed by atoms with van der Waals surface area (Å²) in [7, 11) is 0. The van der Waals surface area contributed by atoms with Crippen molar-refractivity contribution in [2.45, 2.75) is 51.7 Å². The van der Waals surface area contributed by atoms with E-state index < -0.39 is 23.1 Å². The molecule has 0 radical (unpaired) electrons. The third-order valence-corrected chi connectivity index (χ3v) is 6.45. The molecule has 2 atom stereocenters. The minimum absolute atomic E-state index is 0.0791. The molecule has 2 heterocycles. The molecule has 2 aliphatic rings. The number of hydrogen-bond acceptors (Lipinski definition) is 9. The normalized spacial score (nSPS) is 21.1. The highest BCUT2D eigenvalue weighted by Crippen LogP contribution is 2.35. The molecule has 2 saturated heterocycles. The number of rotatable bonds is 10. The number of carbonyl (C=O) groups is 6. The average molecular weight is 483 g/mol. The van der Waals surface area contributed by atoms with Crippen LogP contribution < -0.4 is 0 Å². The van der Waals surface area contributed by atoms with Crippen LogP contribution in [0.4, 0.5) is 0 Å².